The summed E-state index contributed by atoms with van der Waals surface area (Å²) in [6.07, 6.45) is 5.89. The summed E-state index contributed by atoms with van der Waals surface area (Å²) in [5.74, 6) is 0.815. The largest absolute Gasteiger partial charge is 0.467 e. The normalized spacial score (nSPS) is 11.8. The van der Waals surface area contributed by atoms with Gasteiger partial charge in [-0.1, -0.05) is 0 Å². The highest BCUT2D eigenvalue weighted by molar-refractivity contribution is 7.80. The Kier molecular flexibility index (Phi) is 5.52. The molecule has 1 atom stereocenters. The molecule has 0 aliphatic carbocycles. The van der Waals surface area contributed by atoms with Gasteiger partial charge in [0.15, 0.2) is 5.11 Å². The Bertz CT molecular complexity index is 516. The summed E-state index contributed by atoms with van der Waals surface area (Å²) in [5.41, 5.74) is 1.14. The lowest BCUT2D eigenvalue weighted by molar-refractivity contribution is 0.300. The van der Waals surface area contributed by atoms with E-state index in [1.165, 1.54) is 0 Å². The van der Waals surface area contributed by atoms with Crippen molar-refractivity contribution in [3.05, 3.63) is 54.2 Å². The van der Waals surface area contributed by atoms with Crippen LogP contribution in [0.3, 0.4) is 0 Å². The zero-order valence-electron chi connectivity index (χ0n) is 11.0. The van der Waals surface area contributed by atoms with Crippen molar-refractivity contribution in [2.24, 2.45) is 0 Å². The van der Waals surface area contributed by atoms with Gasteiger partial charge in [0.05, 0.1) is 18.9 Å². The van der Waals surface area contributed by atoms with Crippen molar-refractivity contribution in [2.75, 3.05) is 13.2 Å². The van der Waals surface area contributed by atoms with Gasteiger partial charge in [-0.25, -0.2) is 0 Å². The fraction of sp³-hybridized carbons (Fsp3) is 0.286. The van der Waals surface area contributed by atoms with Crippen LogP contribution in [0.5, 0.6) is 0 Å². The molecule has 0 amide bonds. The number of rotatable bonds is 6. The molecule has 20 heavy (non-hydrogen) atoms. The van der Waals surface area contributed by atoms with Gasteiger partial charge in [-0.05, 0) is 48.5 Å². The number of aliphatic hydroxyl groups excluding tert-OH is 1. The zero-order chi connectivity index (χ0) is 14.2. The highest BCUT2D eigenvalue weighted by Gasteiger charge is 2.16. The standard InChI is InChI=1S/C14H17N3O2S/c18-8-7-16-14(20)17-12(13-2-1-9-19-13)10-11-3-5-15-6-4-11/h1-6,9,12,18H,7-8,10H2,(H2,16,17,20). The number of pyridine rings is 1. The molecule has 0 aliphatic heterocycles. The number of nitrogens with zero attached hydrogens (tertiary/aromatic N) is 1. The third-order valence-electron chi connectivity index (χ3n) is 2.78. The van der Waals surface area contributed by atoms with Crippen LogP contribution in [0.4, 0.5) is 0 Å². The van der Waals surface area contributed by atoms with Gasteiger partial charge in [0.2, 0.25) is 0 Å². The minimum absolute atomic E-state index is 0.0393. The van der Waals surface area contributed by atoms with Crippen molar-refractivity contribution in [1.29, 1.82) is 0 Å². The van der Waals surface area contributed by atoms with E-state index in [2.05, 4.69) is 15.6 Å². The molecular formula is C14H17N3O2S. The molecule has 5 nitrogen and oxygen atoms in total. The lowest BCUT2D eigenvalue weighted by Gasteiger charge is -2.19. The third-order valence-corrected chi connectivity index (χ3v) is 3.04. The number of furan rings is 1. The molecule has 106 valence electrons. The lowest BCUT2D eigenvalue weighted by Crippen LogP contribution is -2.39. The highest BCUT2D eigenvalue weighted by Crippen LogP contribution is 2.18. The lowest BCUT2D eigenvalue weighted by atomic mass is 10.1. The first kappa shape index (κ1) is 14.5. The predicted molar refractivity (Wildman–Crippen MR) is 80.2 cm³/mol. The van der Waals surface area contributed by atoms with Gasteiger partial charge >= 0.3 is 0 Å². The minimum Gasteiger partial charge on any atom is -0.467 e. The number of aliphatic hydroxyl groups is 1. The molecule has 0 aliphatic rings. The average Bonchev–Trinajstić information content (AvgIpc) is 3.00. The molecule has 0 fully saturated rings. The summed E-state index contributed by atoms with van der Waals surface area (Å²) in [6.45, 7) is 0.462. The Morgan fingerprint density at radius 2 is 2.15 bits per heavy atom. The SMILES string of the molecule is OCCNC(=S)NC(Cc1ccncc1)c1ccco1. The van der Waals surface area contributed by atoms with Crippen LogP contribution in [0.25, 0.3) is 0 Å². The molecule has 2 rings (SSSR count). The van der Waals surface area contributed by atoms with Gasteiger partial charge in [0.25, 0.3) is 0 Å². The number of thiocarbonyl (C=S) groups is 1. The second-order valence-electron chi connectivity index (χ2n) is 4.25. The summed E-state index contributed by atoms with van der Waals surface area (Å²) in [5, 5.41) is 15.4. The smallest absolute Gasteiger partial charge is 0.166 e. The molecule has 0 bridgehead atoms. The van der Waals surface area contributed by atoms with E-state index in [1.54, 1.807) is 18.7 Å². The van der Waals surface area contributed by atoms with Crippen molar-refractivity contribution >= 4 is 17.3 Å². The molecule has 2 aromatic heterocycles. The molecule has 0 saturated carbocycles. The van der Waals surface area contributed by atoms with Crippen LogP contribution in [-0.4, -0.2) is 28.4 Å². The molecule has 0 spiro atoms. The van der Waals surface area contributed by atoms with Gasteiger partial charge in [0, 0.05) is 18.9 Å². The molecule has 2 aromatic rings. The number of aromatic nitrogens is 1. The maximum atomic E-state index is 8.79. The van der Waals surface area contributed by atoms with E-state index in [-0.39, 0.29) is 12.6 Å². The Hall–Kier alpha value is -1.92. The first-order valence-electron chi connectivity index (χ1n) is 6.37. The number of nitrogens with one attached hydrogen (secondary N) is 2. The highest BCUT2D eigenvalue weighted by atomic mass is 32.1. The first-order valence-corrected chi connectivity index (χ1v) is 6.78. The van der Waals surface area contributed by atoms with Crippen molar-refractivity contribution in [3.8, 4) is 0 Å². The van der Waals surface area contributed by atoms with Crippen LogP contribution in [0.1, 0.15) is 17.4 Å². The fourth-order valence-corrected chi connectivity index (χ4v) is 2.09. The molecule has 6 heteroatoms. The molecule has 2 heterocycles. The van der Waals surface area contributed by atoms with Crippen LogP contribution >= 0.6 is 12.2 Å². The Balaban J connectivity index is 2.04. The van der Waals surface area contributed by atoms with Crippen LogP contribution in [0.15, 0.2) is 47.3 Å². The van der Waals surface area contributed by atoms with Crippen molar-refractivity contribution in [3.63, 3.8) is 0 Å². The third kappa shape index (κ3) is 4.32. The van der Waals surface area contributed by atoms with Gasteiger partial charge in [0.1, 0.15) is 5.76 Å². The summed E-state index contributed by atoms with van der Waals surface area (Å²) in [7, 11) is 0. The van der Waals surface area contributed by atoms with E-state index in [0.717, 1.165) is 17.7 Å². The second-order valence-corrected chi connectivity index (χ2v) is 4.66. The molecule has 0 radical (unpaired) electrons. The van der Waals surface area contributed by atoms with E-state index >= 15 is 0 Å². The van der Waals surface area contributed by atoms with E-state index in [9.17, 15) is 0 Å². The quantitative estimate of drug-likeness (QED) is 0.699. The van der Waals surface area contributed by atoms with Crippen LogP contribution in [0, 0.1) is 0 Å². The predicted octanol–water partition coefficient (Wildman–Crippen LogP) is 1.41. The number of hydrogen-bond donors (Lipinski definition) is 3. The monoisotopic (exact) mass is 291 g/mol. The summed E-state index contributed by atoms with van der Waals surface area (Å²) in [4.78, 5) is 4.01. The van der Waals surface area contributed by atoms with Crippen molar-refractivity contribution in [1.82, 2.24) is 15.6 Å². The van der Waals surface area contributed by atoms with Crippen molar-refractivity contribution in [2.45, 2.75) is 12.5 Å². The van der Waals surface area contributed by atoms with Crippen LogP contribution in [-0.2, 0) is 6.42 Å². The minimum atomic E-state index is -0.0638. The number of hydrogen-bond acceptors (Lipinski definition) is 4. The Morgan fingerprint density at radius 3 is 2.80 bits per heavy atom. The Morgan fingerprint density at radius 1 is 1.35 bits per heavy atom. The maximum Gasteiger partial charge on any atom is 0.166 e. The second kappa shape index (κ2) is 7.62. The average molecular weight is 291 g/mol. The van der Waals surface area contributed by atoms with E-state index < -0.39 is 0 Å². The molecule has 1 unspecified atom stereocenters. The molecule has 3 N–H and O–H groups in total. The maximum absolute atomic E-state index is 8.79. The summed E-state index contributed by atoms with van der Waals surface area (Å²) in [6, 6.07) is 7.61. The van der Waals surface area contributed by atoms with Crippen molar-refractivity contribution < 1.29 is 9.52 Å². The molecule has 0 saturated heterocycles. The van der Waals surface area contributed by atoms with E-state index in [4.69, 9.17) is 21.7 Å². The topological polar surface area (TPSA) is 70.3 Å². The van der Waals surface area contributed by atoms with Gasteiger partial charge < -0.3 is 20.2 Å². The fourth-order valence-electron chi connectivity index (χ4n) is 1.85. The van der Waals surface area contributed by atoms with Crippen LogP contribution in [0.2, 0.25) is 0 Å². The first-order chi connectivity index (χ1) is 9.79. The van der Waals surface area contributed by atoms with E-state index in [0.29, 0.717) is 11.7 Å². The zero-order valence-corrected chi connectivity index (χ0v) is 11.8. The Labute approximate surface area is 123 Å². The summed E-state index contributed by atoms with van der Waals surface area (Å²) >= 11 is 5.20. The van der Waals surface area contributed by atoms with Gasteiger partial charge in [-0.3, -0.25) is 4.98 Å². The molecule has 0 aromatic carbocycles. The molecular weight excluding hydrogens is 274 g/mol. The van der Waals surface area contributed by atoms with E-state index in [1.807, 2.05) is 24.3 Å². The van der Waals surface area contributed by atoms with Crippen LogP contribution < -0.4 is 10.6 Å². The van der Waals surface area contributed by atoms with Gasteiger partial charge in [-0.2, -0.15) is 0 Å². The van der Waals surface area contributed by atoms with Gasteiger partial charge in [-0.15, -0.1) is 0 Å². The summed E-state index contributed by atoms with van der Waals surface area (Å²) < 4.78 is 5.46.